The summed E-state index contributed by atoms with van der Waals surface area (Å²) in [5.41, 5.74) is 0.983. The summed E-state index contributed by atoms with van der Waals surface area (Å²) in [5.74, 6) is 0.00122. The van der Waals surface area contributed by atoms with Gasteiger partial charge >= 0.3 is 5.97 Å². The van der Waals surface area contributed by atoms with E-state index in [2.05, 4.69) is 9.80 Å². The summed E-state index contributed by atoms with van der Waals surface area (Å²) in [7, 11) is 1.41. The van der Waals surface area contributed by atoms with E-state index in [4.69, 9.17) is 4.74 Å². The first-order chi connectivity index (χ1) is 11.7. The number of anilines is 1. The number of carbonyl (C=O) groups excluding carboxylic acids is 2. The molecule has 0 aromatic heterocycles. The van der Waals surface area contributed by atoms with E-state index in [1.807, 2.05) is 35.2 Å². The predicted octanol–water partition coefficient (Wildman–Crippen LogP) is 0.973. The highest BCUT2D eigenvalue weighted by atomic mass is 16.5. The number of piperidine rings is 1. The van der Waals surface area contributed by atoms with Crippen LogP contribution in [0.2, 0.25) is 0 Å². The topological polar surface area (TPSA) is 53.1 Å². The van der Waals surface area contributed by atoms with Crippen LogP contribution in [0.15, 0.2) is 30.3 Å². The smallest absolute Gasteiger partial charge is 0.319 e. The number of hydrogen-bond acceptors (Lipinski definition) is 5. The van der Waals surface area contributed by atoms with Crippen molar-refractivity contribution >= 4 is 17.6 Å². The molecule has 2 saturated heterocycles. The average molecular weight is 331 g/mol. The largest absolute Gasteiger partial charge is 0.468 e. The molecule has 2 fully saturated rings. The molecule has 1 atom stereocenters. The van der Waals surface area contributed by atoms with Crippen LogP contribution < -0.4 is 4.90 Å². The highest BCUT2D eigenvalue weighted by molar-refractivity contribution is 5.97. The lowest BCUT2D eigenvalue weighted by atomic mass is 10.0. The zero-order valence-corrected chi connectivity index (χ0v) is 14.2. The fourth-order valence-electron chi connectivity index (χ4n) is 3.54. The Bertz CT molecular complexity index is 570. The van der Waals surface area contributed by atoms with Gasteiger partial charge in [0.05, 0.1) is 19.7 Å². The molecule has 2 heterocycles. The SMILES string of the molecule is COC(=O)CN1CCN(C2CCCN(c3ccccc3)C2=O)CC1. The van der Waals surface area contributed by atoms with Gasteiger partial charge in [-0.1, -0.05) is 18.2 Å². The van der Waals surface area contributed by atoms with Crippen LogP contribution in [0.1, 0.15) is 12.8 Å². The standard InChI is InChI=1S/C18H25N3O3/c1-24-17(22)14-19-10-12-20(13-11-19)16-8-5-9-21(18(16)23)15-6-3-2-4-7-15/h2-4,6-7,16H,5,8-14H2,1H3. The van der Waals surface area contributed by atoms with Crippen LogP contribution in [-0.4, -0.2) is 74.1 Å². The number of ether oxygens (including phenoxy) is 1. The third-order valence-electron chi connectivity index (χ3n) is 4.91. The Labute approximate surface area is 143 Å². The highest BCUT2D eigenvalue weighted by Gasteiger charge is 2.35. The molecule has 0 N–H and O–H groups in total. The molecule has 1 amide bonds. The Morgan fingerprint density at radius 1 is 1.12 bits per heavy atom. The van der Waals surface area contributed by atoms with Crippen LogP contribution in [0.25, 0.3) is 0 Å². The molecule has 6 nitrogen and oxygen atoms in total. The fourth-order valence-corrected chi connectivity index (χ4v) is 3.54. The molecule has 1 unspecified atom stereocenters. The van der Waals surface area contributed by atoms with Gasteiger partial charge in [-0.05, 0) is 25.0 Å². The van der Waals surface area contributed by atoms with Crippen molar-refractivity contribution in [2.45, 2.75) is 18.9 Å². The number of piperazine rings is 1. The Balaban J connectivity index is 1.59. The summed E-state index contributed by atoms with van der Waals surface area (Å²) in [6.45, 7) is 4.35. The number of amides is 1. The minimum Gasteiger partial charge on any atom is -0.468 e. The van der Waals surface area contributed by atoms with Gasteiger partial charge in [0.1, 0.15) is 0 Å². The first-order valence-electron chi connectivity index (χ1n) is 8.58. The maximum atomic E-state index is 12.9. The van der Waals surface area contributed by atoms with E-state index in [-0.39, 0.29) is 17.9 Å². The van der Waals surface area contributed by atoms with Crippen molar-refractivity contribution in [3.05, 3.63) is 30.3 Å². The van der Waals surface area contributed by atoms with Gasteiger partial charge in [0, 0.05) is 38.4 Å². The molecule has 0 spiro atoms. The molecule has 1 aromatic rings. The second-order valence-electron chi connectivity index (χ2n) is 6.37. The molecular weight excluding hydrogens is 306 g/mol. The lowest BCUT2D eigenvalue weighted by molar-refractivity contribution is -0.142. The Morgan fingerprint density at radius 3 is 2.50 bits per heavy atom. The molecule has 0 radical (unpaired) electrons. The molecule has 6 heteroatoms. The van der Waals surface area contributed by atoms with Gasteiger partial charge < -0.3 is 9.64 Å². The van der Waals surface area contributed by atoms with Crippen molar-refractivity contribution in [2.75, 3.05) is 51.3 Å². The van der Waals surface area contributed by atoms with E-state index in [0.29, 0.717) is 6.54 Å². The fraction of sp³-hybridized carbons (Fsp3) is 0.556. The molecule has 1 aromatic carbocycles. The summed E-state index contributed by atoms with van der Waals surface area (Å²) in [6.07, 6.45) is 1.94. The van der Waals surface area contributed by atoms with Crippen molar-refractivity contribution in [2.24, 2.45) is 0 Å². The quantitative estimate of drug-likeness (QED) is 0.770. The minimum atomic E-state index is -0.201. The Hall–Kier alpha value is -1.92. The molecule has 2 aliphatic rings. The van der Waals surface area contributed by atoms with Crippen LogP contribution in [0.4, 0.5) is 5.69 Å². The number of benzene rings is 1. The Morgan fingerprint density at radius 2 is 1.83 bits per heavy atom. The molecule has 3 rings (SSSR count). The van der Waals surface area contributed by atoms with E-state index in [9.17, 15) is 9.59 Å². The second kappa shape index (κ2) is 7.77. The number of carbonyl (C=O) groups is 2. The van der Waals surface area contributed by atoms with Gasteiger partial charge in [-0.2, -0.15) is 0 Å². The summed E-state index contributed by atoms with van der Waals surface area (Å²) in [6, 6.07) is 9.86. The van der Waals surface area contributed by atoms with E-state index >= 15 is 0 Å². The van der Waals surface area contributed by atoms with E-state index in [1.165, 1.54) is 7.11 Å². The maximum Gasteiger partial charge on any atom is 0.319 e. The summed E-state index contributed by atoms with van der Waals surface area (Å²) >= 11 is 0. The Kier molecular flexibility index (Phi) is 5.48. The average Bonchev–Trinajstić information content (AvgIpc) is 2.63. The van der Waals surface area contributed by atoms with Gasteiger partial charge in [0.25, 0.3) is 0 Å². The van der Waals surface area contributed by atoms with Gasteiger partial charge in [-0.3, -0.25) is 19.4 Å². The van der Waals surface area contributed by atoms with Gasteiger partial charge in [0.2, 0.25) is 5.91 Å². The monoisotopic (exact) mass is 331 g/mol. The normalized spacial score (nSPS) is 23.3. The number of nitrogens with zero attached hydrogens (tertiary/aromatic N) is 3. The van der Waals surface area contributed by atoms with E-state index in [1.54, 1.807) is 0 Å². The van der Waals surface area contributed by atoms with Crippen molar-refractivity contribution < 1.29 is 14.3 Å². The van der Waals surface area contributed by atoms with Crippen LogP contribution >= 0.6 is 0 Å². The predicted molar refractivity (Wildman–Crippen MR) is 91.8 cm³/mol. The minimum absolute atomic E-state index is 0.0424. The van der Waals surface area contributed by atoms with Gasteiger partial charge in [0.15, 0.2) is 0 Å². The van der Waals surface area contributed by atoms with Crippen molar-refractivity contribution in [3.8, 4) is 0 Å². The number of esters is 1. The summed E-state index contributed by atoms with van der Waals surface area (Å²) in [4.78, 5) is 30.6. The molecule has 0 aliphatic carbocycles. The number of para-hydroxylation sites is 1. The number of methoxy groups -OCH3 is 1. The lowest BCUT2D eigenvalue weighted by Gasteiger charge is -2.42. The lowest BCUT2D eigenvalue weighted by Crippen LogP contribution is -2.58. The molecule has 0 bridgehead atoms. The summed E-state index contributed by atoms with van der Waals surface area (Å²) in [5, 5.41) is 0. The van der Waals surface area contributed by atoms with Gasteiger partial charge in [-0.25, -0.2) is 0 Å². The van der Waals surface area contributed by atoms with Crippen LogP contribution in [-0.2, 0) is 14.3 Å². The second-order valence-corrected chi connectivity index (χ2v) is 6.37. The zero-order chi connectivity index (χ0) is 16.9. The van der Waals surface area contributed by atoms with Gasteiger partial charge in [-0.15, -0.1) is 0 Å². The summed E-state index contributed by atoms with van der Waals surface area (Å²) < 4.78 is 4.72. The van der Waals surface area contributed by atoms with Crippen LogP contribution in [0, 0.1) is 0 Å². The van der Waals surface area contributed by atoms with E-state index in [0.717, 1.165) is 51.3 Å². The van der Waals surface area contributed by atoms with Crippen LogP contribution in [0.3, 0.4) is 0 Å². The van der Waals surface area contributed by atoms with Crippen molar-refractivity contribution in [3.63, 3.8) is 0 Å². The molecular formula is C18H25N3O3. The maximum absolute atomic E-state index is 12.9. The van der Waals surface area contributed by atoms with Crippen molar-refractivity contribution in [1.29, 1.82) is 0 Å². The molecule has 0 saturated carbocycles. The number of rotatable bonds is 4. The number of hydrogen-bond donors (Lipinski definition) is 0. The molecule has 130 valence electrons. The first kappa shape index (κ1) is 16.9. The van der Waals surface area contributed by atoms with Crippen LogP contribution in [0.5, 0.6) is 0 Å². The molecule has 24 heavy (non-hydrogen) atoms. The first-order valence-corrected chi connectivity index (χ1v) is 8.58. The third-order valence-corrected chi connectivity index (χ3v) is 4.91. The molecule has 2 aliphatic heterocycles. The highest BCUT2D eigenvalue weighted by Crippen LogP contribution is 2.24. The zero-order valence-electron chi connectivity index (χ0n) is 14.2. The van der Waals surface area contributed by atoms with Crippen molar-refractivity contribution in [1.82, 2.24) is 9.80 Å². The van der Waals surface area contributed by atoms with E-state index < -0.39 is 0 Å². The third kappa shape index (κ3) is 3.76.